The molecule has 1 aromatic rings. The molecule has 6 nitrogen and oxygen atoms in total. The van der Waals surface area contributed by atoms with Gasteiger partial charge in [-0.1, -0.05) is 18.2 Å². The maximum Gasteiger partial charge on any atom is 0.342 e. The van der Waals surface area contributed by atoms with Crippen LogP contribution in [0.15, 0.2) is 24.3 Å². The van der Waals surface area contributed by atoms with Crippen molar-refractivity contribution in [3.05, 3.63) is 29.8 Å². The molecular formula is C9H9NO5S. The summed E-state index contributed by atoms with van der Waals surface area (Å²) in [6, 6.07) is 6.82. The van der Waals surface area contributed by atoms with Gasteiger partial charge in [-0.3, -0.25) is 0 Å². The highest BCUT2D eigenvalue weighted by molar-refractivity contribution is 7.84. The molecule has 1 aliphatic heterocycles. The maximum atomic E-state index is 11.4. The van der Waals surface area contributed by atoms with Crippen LogP contribution in [0, 0.1) is 0 Å². The van der Waals surface area contributed by atoms with Crippen LogP contribution in [0.4, 0.5) is 0 Å². The van der Waals surface area contributed by atoms with Gasteiger partial charge in [0.05, 0.1) is 0 Å². The number of para-hydroxylation sites is 1. The average Bonchev–Trinajstić information content (AvgIpc) is 2.17. The molecule has 2 N–H and O–H groups in total. The molecule has 0 saturated heterocycles. The lowest BCUT2D eigenvalue weighted by Gasteiger charge is -2.21. The van der Waals surface area contributed by atoms with Gasteiger partial charge in [0.2, 0.25) is 0 Å². The molecule has 0 amide bonds. The molecule has 0 radical (unpaired) electrons. The molecule has 0 fully saturated rings. The van der Waals surface area contributed by atoms with E-state index in [0.717, 1.165) is 0 Å². The molecule has 16 heavy (non-hydrogen) atoms. The monoisotopic (exact) mass is 243 g/mol. The number of rotatable bonds is 2. The van der Waals surface area contributed by atoms with E-state index in [2.05, 4.69) is 4.18 Å². The SMILES string of the molecule is NS(=O)(=O)OC1Cc2ccccc2OC1=O. The molecule has 0 saturated carbocycles. The lowest BCUT2D eigenvalue weighted by molar-refractivity contribution is -0.143. The Morgan fingerprint density at radius 1 is 1.38 bits per heavy atom. The van der Waals surface area contributed by atoms with Gasteiger partial charge < -0.3 is 4.74 Å². The van der Waals surface area contributed by atoms with E-state index in [9.17, 15) is 13.2 Å². The first kappa shape index (κ1) is 11.1. The molecular weight excluding hydrogens is 234 g/mol. The third kappa shape index (κ3) is 2.38. The van der Waals surface area contributed by atoms with Crippen LogP contribution in [0.1, 0.15) is 5.56 Å². The zero-order valence-electron chi connectivity index (χ0n) is 8.12. The number of nitrogens with two attached hydrogens (primary N) is 1. The summed E-state index contributed by atoms with van der Waals surface area (Å²) >= 11 is 0. The molecule has 1 aromatic carbocycles. The van der Waals surface area contributed by atoms with Gasteiger partial charge in [0, 0.05) is 6.42 Å². The van der Waals surface area contributed by atoms with Gasteiger partial charge in [-0.25, -0.2) is 14.1 Å². The van der Waals surface area contributed by atoms with Crippen molar-refractivity contribution in [2.24, 2.45) is 5.14 Å². The Kier molecular flexibility index (Phi) is 2.66. The van der Waals surface area contributed by atoms with E-state index >= 15 is 0 Å². The van der Waals surface area contributed by atoms with Crippen molar-refractivity contribution in [3.8, 4) is 5.75 Å². The van der Waals surface area contributed by atoms with Crippen molar-refractivity contribution in [1.82, 2.24) is 0 Å². The predicted molar refractivity (Wildman–Crippen MR) is 53.8 cm³/mol. The highest BCUT2D eigenvalue weighted by Crippen LogP contribution is 2.26. The van der Waals surface area contributed by atoms with E-state index in [0.29, 0.717) is 11.3 Å². The topological polar surface area (TPSA) is 95.7 Å². The van der Waals surface area contributed by atoms with Crippen LogP contribution in [-0.4, -0.2) is 20.5 Å². The van der Waals surface area contributed by atoms with Gasteiger partial charge >= 0.3 is 16.3 Å². The first-order valence-electron chi connectivity index (χ1n) is 4.46. The Bertz CT molecular complexity index is 524. The fourth-order valence-electron chi connectivity index (χ4n) is 1.46. The molecule has 0 spiro atoms. The number of benzene rings is 1. The fourth-order valence-corrected chi connectivity index (χ4v) is 1.93. The number of esters is 1. The summed E-state index contributed by atoms with van der Waals surface area (Å²) in [5, 5.41) is 4.69. The summed E-state index contributed by atoms with van der Waals surface area (Å²) < 4.78 is 30.7. The van der Waals surface area contributed by atoms with Crippen molar-refractivity contribution >= 4 is 16.3 Å². The van der Waals surface area contributed by atoms with Crippen LogP contribution in [0.2, 0.25) is 0 Å². The van der Waals surface area contributed by atoms with E-state index in [1.54, 1.807) is 24.3 Å². The number of carbonyl (C=O) groups excluding carboxylic acids is 1. The Hall–Kier alpha value is -1.44. The van der Waals surface area contributed by atoms with Gasteiger partial charge in [0.25, 0.3) is 0 Å². The molecule has 7 heteroatoms. The summed E-state index contributed by atoms with van der Waals surface area (Å²) in [7, 11) is -4.16. The lowest BCUT2D eigenvalue weighted by atomic mass is 10.0. The number of hydrogen-bond acceptors (Lipinski definition) is 5. The number of hydrogen-bond donors (Lipinski definition) is 1. The Morgan fingerprint density at radius 2 is 2.06 bits per heavy atom. The summed E-state index contributed by atoms with van der Waals surface area (Å²) in [5.74, 6) is -0.338. The minimum absolute atomic E-state index is 0.130. The molecule has 0 aromatic heterocycles. The van der Waals surface area contributed by atoms with Crippen LogP contribution >= 0.6 is 0 Å². The van der Waals surface area contributed by atoms with Crippen molar-refractivity contribution < 1.29 is 22.1 Å². The molecule has 1 atom stereocenters. The lowest BCUT2D eigenvalue weighted by Crippen LogP contribution is -2.38. The molecule has 1 heterocycles. The maximum absolute atomic E-state index is 11.4. The normalized spacial score (nSPS) is 20.1. The second-order valence-electron chi connectivity index (χ2n) is 3.31. The number of fused-ring (bicyclic) bond motifs is 1. The first-order chi connectivity index (χ1) is 7.46. The second-order valence-corrected chi connectivity index (χ2v) is 4.49. The molecule has 2 rings (SSSR count). The van der Waals surface area contributed by atoms with E-state index in [1.807, 2.05) is 0 Å². The van der Waals surface area contributed by atoms with Crippen molar-refractivity contribution in [2.45, 2.75) is 12.5 Å². The van der Waals surface area contributed by atoms with Gasteiger partial charge in [-0.15, -0.1) is 0 Å². The highest BCUT2D eigenvalue weighted by atomic mass is 32.2. The molecule has 0 aliphatic carbocycles. The van der Waals surface area contributed by atoms with Crippen LogP contribution in [0.25, 0.3) is 0 Å². The summed E-state index contributed by atoms with van der Waals surface area (Å²) in [6.45, 7) is 0. The van der Waals surface area contributed by atoms with E-state index in [1.165, 1.54) is 0 Å². The second kappa shape index (κ2) is 3.85. The fraction of sp³-hybridized carbons (Fsp3) is 0.222. The Balaban J connectivity index is 2.25. The minimum atomic E-state index is -4.16. The highest BCUT2D eigenvalue weighted by Gasteiger charge is 2.32. The first-order valence-corrected chi connectivity index (χ1v) is 5.93. The molecule has 1 aliphatic rings. The van der Waals surface area contributed by atoms with Crippen LogP contribution in [0.3, 0.4) is 0 Å². The third-order valence-electron chi connectivity index (χ3n) is 2.10. The van der Waals surface area contributed by atoms with Gasteiger partial charge in [-0.2, -0.15) is 8.42 Å². The van der Waals surface area contributed by atoms with Crippen molar-refractivity contribution in [1.29, 1.82) is 0 Å². The third-order valence-corrected chi connectivity index (χ3v) is 2.60. The van der Waals surface area contributed by atoms with E-state index in [-0.39, 0.29) is 6.42 Å². The molecule has 86 valence electrons. The smallest absolute Gasteiger partial charge is 0.342 e. The largest absolute Gasteiger partial charge is 0.424 e. The average molecular weight is 243 g/mol. The number of ether oxygens (including phenoxy) is 1. The van der Waals surface area contributed by atoms with E-state index < -0.39 is 22.4 Å². The minimum Gasteiger partial charge on any atom is -0.424 e. The van der Waals surface area contributed by atoms with Crippen molar-refractivity contribution in [3.63, 3.8) is 0 Å². The predicted octanol–water partition coefficient (Wildman–Crippen LogP) is -0.263. The Labute approximate surface area is 92.2 Å². The zero-order chi connectivity index (χ0) is 11.8. The van der Waals surface area contributed by atoms with E-state index in [4.69, 9.17) is 9.88 Å². The standard InChI is InChI=1S/C9H9NO5S/c10-16(12,13)15-8-5-6-3-1-2-4-7(6)14-9(8)11/h1-4,8H,5H2,(H2,10,12,13). The zero-order valence-corrected chi connectivity index (χ0v) is 8.94. The Morgan fingerprint density at radius 3 is 2.75 bits per heavy atom. The van der Waals surface area contributed by atoms with Crippen molar-refractivity contribution in [2.75, 3.05) is 0 Å². The summed E-state index contributed by atoms with van der Waals surface area (Å²) in [6.07, 6.45) is -1.07. The van der Waals surface area contributed by atoms with Gasteiger partial charge in [0.15, 0.2) is 6.10 Å². The van der Waals surface area contributed by atoms with Crippen LogP contribution < -0.4 is 9.88 Å². The summed E-state index contributed by atoms with van der Waals surface area (Å²) in [4.78, 5) is 11.4. The van der Waals surface area contributed by atoms with Crippen LogP contribution in [0.5, 0.6) is 5.75 Å². The number of carbonyl (C=O) groups is 1. The van der Waals surface area contributed by atoms with Gasteiger partial charge in [-0.05, 0) is 11.6 Å². The van der Waals surface area contributed by atoms with Crippen LogP contribution in [-0.2, 0) is 25.7 Å². The summed E-state index contributed by atoms with van der Waals surface area (Å²) in [5.41, 5.74) is 0.704. The molecule has 0 bridgehead atoms. The molecule has 1 unspecified atom stereocenters. The quantitative estimate of drug-likeness (QED) is 0.570. The van der Waals surface area contributed by atoms with Gasteiger partial charge in [0.1, 0.15) is 5.75 Å².